The Morgan fingerprint density at radius 2 is 1.87 bits per heavy atom. The third-order valence-electron chi connectivity index (χ3n) is 5.52. The molecule has 0 aliphatic carbocycles. The van der Waals surface area contributed by atoms with Gasteiger partial charge < -0.3 is 15.1 Å². The van der Waals surface area contributed by atoms with E-state index >= 15 is 0 Å². The van der Waals surface area contributed by atoms with Gasteiger partial charge in [0.2, 0.25) is 11.8 Å². The zero-order chi connectivity index (χ0) is 22.3. The van der Waals surface area contributed by atoms with E-state index in [4.69, 9.17) is 0 Å². The third kappa shape index (κ3) is 4.58. The number of hydrogen-bond donors (Lipinski definition) is 1. The molecule has 7 nitrogen and oxygen atoms in total. The monoisotopic (exact) mass is 532 g/mol. The van der Waals surface area contributed by atoms with Gasteiger partial charge in [-0.15, -0.1) is 0 Å². The van der Waals surface area contributed by atoms with Gasteiger partial charge in [-0.3, -0.25) is 14.4 Å². The number of rotatable bonds is 2. The number of nitrogens with one attached hydrogen (secondary N) is 1. The van der Waals surface area contributed by atoms with Crippen LogP contribution < -0.4 is 5.32 Å². The minimum Gasteiger partial charge on any atom is -0.338 e. The van der Waals surface area contributed by atoms with Crippen LogP contribution in [0.3, 0.4) is 0 Å². The zero-order valence-corrected chi connectivity index (χ0v) is 20.0. The van der Waals surface area contributed by atoms with E-state index in [1.807, 2.05) is 45.0 Å². The molecule has 0 radical (unpaired) electrons. The number of fused-ring (bicyclic) bond motifs is 2. The van der Waals surface area contributed by atoms with Gasteiger partial charge in [-0.05, 0) is 51.8 Å². The van der Waals surface area contributed by atoms with Crippen LogP contribution >= 0.6 is 22.6 Å². The van der Waals surface area contributed by atoms with Crippen molar-refractivity contribution in [3.05, 3.63) is 45.7 Å². The second-order valence-electron chi connectivity index (χ2n) is 9.21. The number of nitrogens with zero attached hydrogens (tertiary/aromatic N) is 3. The van der Waals surface area contributed by atoms with E-state index in [1.165, 1.54) is 0 Å². The molecule has 1 unspecified atom stereocenters. The van der Waals surface area contributed by atoms with Crippen LogP contribution in [-0.2, 0) is 9.59 Å². The molecule has 2 aliphatic rings. The quantitative estimate of drug-likeness (QED) is 0.602. The molecule has 1 N–H and O–H groups in total. The van der Waals surface area contributed by atoms with Crippen LogP contribution in [0.4, 0.5) is 5.82 Å². The van der Waals surface area contributed by atoms with E-state index in [-0.39, 0.29) is 35.5 Å². The first-order valence-electron chi connectivity index (χ1n) is 10.3. The molecule has 162 valence electrons. The molecule has 2 aliphatic heterocycles. The lowest BCUT2D eigenvalue weighted by Gasteiger charge is -2.40. The number of carbonyl (C=O) groups excluding carboxylic acids is 3. The highest BCUT2D eigenvalue weighted by atomic mass is 127. The van der Waals surface area contributed by atoms with Gasteiger partial charge in [-0.25, -0.2) is 4.98 Å². The first kappa shape index (κ1) is 21.7. The summed E-state index contributed by atoms with van der Waals surface area (Å²) in [6, 6.07) is 9.01. The Balaban J connectivity index is 1.60. The fraction of sp³-hybridized carbons (Fsp3) is 0.391. The first-order chi connectivity index (χ1) is 14.6. The normalized spacial score (nSPS) is 18.8. The van der Waals surface area contributed by atoms with E-state index in [1.54, 1.807) is 22.1 Å². The van der Waals surface area contributed by atoms with Crippen LogP contribution in [0.2, 0.25) is 0 Å². The summed E-state index contributed by atoms with van der Waals surface area (Å²) in [6.45, 7) is 6.97. The maximum Gasteiger partial charge on any atom is 0.258 e. The smallest absolute Gasteiger partial charge is 0.258 e. The van der Waals surface area contributed by atoms with Crippen LogP contribution in [0.25, 0.3) is 11.1 Å². The van der Waals surface area contributed by atoms with E-state index in [0.29, 0.717) is 25.1 Å². The summed E-state index contributed by atoms with van der Waals surface area (Å²) in [6.07, 6.45) is 2.06. The molecule has 3 amide bonds. The summed E-state index contributed by atoms with van der Waals surface area (Å²) in [7, 11) is 0. The SMILES string of the molecule is CC(C)(C)CC(=O)N1CCN2C(=O)c3cc(-c4ccc(I)cc4)cnc3NC(=O)C2C1. The number of aromatic nitrogens is 1. The molecule has 3 heterocycles. The largest absolute Gasteiger partial charge is 0.338 e. The van der Waals surface area contributed by atoms with Crippen molar-refractivity contribution < 1.29 is 14.4 Å². The standard InChI is InChI=1S/C23H25IN4O3/c1-23(2,3)11-19(29)27-8-9-28-18(13-27)21(30)26-20-17(22(28)31)10-15(12-25-20)14-4-6-16(24)7-5-14/h4-7,10,12,18H,8-9,11,13H2,1-3H3,(H,25,26,30). The number of amides is 3. The maximum atomic E-state index is 13.3. The fourth-order valence-corrected chi connectivity index (χ4v) is 4.28. The Bertz CT molecular complexity index is 1050. The molecule has 0 spiro atoms. The predicted octanol–water partition coefficient (Wildman–Crippen LogP) is 3.39. The summed E-state index contributed by atoms with van der Waals surface area (Å²) in [5.74, 6) is -0.268. The molecule has 1 aromatic heterocycles. The molecule has 1 atom stereocenters. The highest BCUT2D eigenvalue weighted by molar-refractivity contribution is 14.1. The van der Waals surface area contributed by atoms with E-state index in [9.17, 15) is 14.4 Å². The second kappa shape index (κ2) is 8.22. The van der Waals surface area contributed by atoms with E-state index in [2.05, 4.69) is 32.9 Å². The Morgan fingerprint density at radius 3 is 2.55 bits per heavy atom. The number of benzene rings is 1. The number of carbonyl (C=O) groups is 3. The molecular formula is C23H25IN4O3. The van der Waals surface area contributed by atoms with Gasteiger partial charge in [0.1, 0.15) is 11.9 Å². The maximum absolute atomic E-state index is 13.3. The average Bonchev–Trinajstić information content (AvgIpc) is 2.82. The highest BCUT2D eigenvalue weighted by Gasteiger charge is 2.41. The lowest BCUT2D eigenvalue weighted by molar-refractivity contribution is -0.137. The summed E-state index contributed by atoms with van der Waals surface area (Å²) in [5, 5.41) is 2.80. The summed E-state index contributed by atoms with van der Waals surface area (Å²) in [4.78, 5) is 46.6. The molecule has 4 rings (SSSR count). The van der Waals surface area contributed by atoms with E-state index < -0.39 is 6.04 Å². The van der Waals surface area contributed by atoms with Crippen LogP contribution in [0.1, 0.15) is 37.6 Å². The van der Waals surface area contributed by atoms with Crippen molar-refractivity contribution in [2.24, 2.45) is 5.41 Å². The van der Waals surface area contributed by atoms with E-state index in [0.717, 1.165) is 14.7 Å². The highest BCUT2D eigenvalue weighted by Crippen LogP contribution is 2.29. The van der Waals surface area contributed by atoms with Gasteiger partial charge in [-0.2, -0.15) is 0 Å². The van der Waals surface area contributed by atoms with Crippen molar-refractivity contribution >= 4 is 46.1 Å². The van der Waals surface area contributed by atoms with Crippen molar-refractivity contribution in [2.45, 2.75) is 33.2 Å². The van der Waals surface area contributed by atoms with Gasteiger partial charge in [0.15, 0.2) is 0 Å². The fourth-order valence-electron chi connectivity index (χ4n) is 3.92. The molecule has 2 aromatic rings. The van der Waals surface area contributed by atoms with Crippen molar-refractivity contribution in [1.82, 2.24) is 14.8 Å². The van der Waals surface area contributed by atoms with Crippen LogP contribution in [-0.4, -0.2) is 58.2 Å². The zero-order valence-electron chi connectivity index (χ0n) is 17.8. The second-order valence-corrected chi connectivity index (χ2v) is 10.5. The predicted molar refractivity (Wildman–Crippen MR) is 126 cm³/mol. The molecule has 1 saturated heterocycles. The van der Waals surface area contributed by atoms with Crippen molar-refractivity contribution in [2.75, 3.05) is 25.0 Å². The molecule has 1 fully saturated rings. The molecule has 0 saturated carbocycles. The number of hydrogen-bond acceptors (Lipinski definition) is 4. The summed E-state index contributed by atoms with van der Waals surface area (Å²) < 4.78 is 1.12. The summed E-state index contributed by atoms with van der Waals surface area (Å²) >= 11 is 2.24. The first-order valence-corrected chi connectivity index (χ1v) is 11.4. The van der Waals surface area contributed by atoms with Crippen LogP contribution in [0.15, 0.2) is 36.5 Å². The number of pyridine rings is 1. The Morgan fingerprint density at radius 1 is 1.16 bits per heavy atom. The van der Waals surface area contributed by atoms with Crippen LogP contribution in [0, 0.1) is 8.99 Å². The molecule has 0 bridgehead atoms. The lowest BCUT2D eigenvalue weighted by Crippen LogP contribution is -2.59. The summed E-state index contributed by atoms with van der Waals surface area (Å²) in [5.41, 5.74) is 2.01. The number of halogens is 1. The van der Waals surface area contributed by atoms with Gasteiger partial charge in [-0.1, -0.05) is 32.9 Å². The average molecular weight is 532 g/mol. The van der Waals surface area contributed by atoms with Gasteiger partial charge in [0.25, 0.3) is 5.91 Å². The molecule has 8 heteroatoms. The Kier molecular flexibility index (Phi) is 5.76. The minimum atomic E-state index is -0.721. The van der Waals surface area contributed by atoms with Crippen molar-refractivity contribution in [1.29, 1.82) is 0 Å². The number of anilines is 1. The third-order valence-corrected chi connectivity index (χ3v) is 6.23. The number of piperazine rings is 1. The van der Waals surface area contributed by atoms with Gasteiger partial charge in [0.05, 0.1) is 12.1 Å². The van der Waals surface area contributed by atoms with Gasteiger partial charge in [0, 0.05) is 34.8 Å². The molecule has 1 aromatic carbocycles. The lowest BCUT2D eigenvalue weighted by atomic mass is 9.91. The minimum absolute atomic E-state index is 0.00767. The van der Waals surface area contributed by atoms with Crippen molar-refractivity contribution in [3.8, 4) is 11.1 Å². The topological polar surface area (TPSA) is 82.6 Å². The van der Waals surface area contributed by atoms with Crippen molar-refractivity contribution in [3.63, 3.8) is 0 Å². The van der Waals surface area contributed by atoms with Gasteiger partial charge >= 0.3 is 0 Å². The Labute approximate surface area is 195 Å². The van der Waals surface area contributed by atoms with Crippen LogP contribution in [0.5, 0.6) is 0 Å². The molecular weight excluding hydrogens is 507 g/mol. The molecule has 31 heavy (non-hydrogen) atoms. The Hall–Kier alpha value is -2.49.